The Labute approximate surface area is 163 Å². The molecule has 4 nitrogen and oxygen atoms in total. The van der Waals surface area contributed by atoms with Gasteiger partial charge in [0.1, 0.15) is 11.0 Å². The summed E-state index contributed by atoms with van der Waals surface area (Å²) in [5.41, 5.74) is 0.979. The minimum atomic E-state index is -1.81. The maximum absolute atomic E-state index is 6.41. The normalized spacial score (nSPS) is 16.3. The highest BCUT2D eigenvalue weighted by molar-refractivity contribution is 6.74. The van der Waals surface area contributed by atoms with Crippen molar-refractivity contribution >= 4 is 36.5 Å². The molecule has 0 aliphatic carbocycles. The van der Waals surface area contributed by atoms with E-state index in [1.165, 1.54) is 19.3 Å². The standard InChI is InChI=1S/C20H30ClN3OSi/c1-20(2,3)26(4,5)25-14-16-11-15-13-22-18(21)12-17(15)19(23-16)24-9-7-6-8-10-24/h11-13H,6-10,14H2,1-5H3. The number of hydrogen-bond donors (Lipinski definition) is 0. The third-order valence-electron chi connectivity index (χ3n) is 5.76. The Balaban J connectivity index is 1.95. The van der Waals surface area contributed by atoms with E-state index in [0.29, 0.717) is 11.8 Å². The van der Waals surface area contributed by atoms with Gasteiger partial charge in [0.2, 0.25) is 0 Å². The summed E-state index contributed by atoms with van der Waals surface area (Å²) in [5, 5.41) is 2.87. The Morgan fingerprint density at radius 3 is 2.50 bits per heavy atom. The number of nitrogens with zero attached hydrogens (tertiary/aromatic N) is 3. The summed E-state index contributed by atoms with van der Waals surface area (Å²) >= 11 is 6.16. The van der Waals surface area contributed by atoms with Crippen LogP contribution < -0.4 is 4.90 Å². The molecular weight excluding hydrogens is 362 g/mol. The zero-order valence-corrected chi connectivity index (χ0v) is 18.4. The number of aromatic nitrogens is 2. The van der Waals surface area contributed by atoms with E-state index in [4.69, 9.17) is 21.0 Å². The van der Waals surface area contributed by atoms with Crippen molar-refractivity contribution < 1.29 is 4.43 Å². The minimum Gasteiger partial charge on any atom is -0.411 e. The number of pyridine rings is 2. The van der Waals surface area contributed by atoms with E-state index in [1.54, 1.807) is 0 Å². The second kappa shape index (κ2) is 7.45. The average molecular weight is 392 g/mol. The van der Waals surface area contributed by atoms with E-state index in [0.717, 1.165) is 35.4 Å². The van der Waals surface area contributed by atoms with Crippen LogP contribution in [0.4, 0.5) is 5.82 Å². The van der Waals surface area contributed by atoms with Gasteiger partial charge in [0.05, 0.1) is 12.3 Å². The van der Waals surface area contributed by atoms with E-state index in [9.17, 15) is 0 Å². The van der Waals surface area contributed by atoms with Crippen LogP contribution in [-0.4, -0.2) is 31.4 Å². The van der Waals surface area contributed by atoms with E-state index in [1.807, 2.05) is 12.3 Å². The quantitative estimate of drug-likeness (QED) is 0.488. The lowest BCUT2D eigenvalue weighted by molar-refractivity contribution is 0.272. The average Bonchev–Trinajstić information content (AvgIpc) is 2.59. The van der Waals surface area contributed by atoms with Gasteiger partial charge in [0, 0.05) is 30.1 Å². The number of rotatable bonds is 4. The number of hydrogen-bond acceptors (Lipinski definition) is 4. The highest BCUT2D eigenvalue weighted by Crippen LogP contribution is 2.37. The van der Waals surface area contributed by atoms with E-state index < -0.39 is 8.32 Å². The van der Waals surface area contributed by atoms with Crippen molar-refractivity contribution in [2.24, 2.45) is 0 Å². The minimum absolute atomic E-state index is 0.189. The zero-order valence-electron chi connectivity index (χ0n) is 16.6. The summed E-state index contributed by atoms with van der Waals surface area (Å²) in [6, 6.07) is 4.03. The van der Waals surface area contributed by atoms with E-state index >= 15 is 0 Å². The highest BCUT2D eigenvalue weighted by atomic mass is 35.5. The molecule has 1 aliphatic heterocycles. The van der Waals surface area contributed by atoms with Crippen LogP contribution in [0.2, 0.25) is 23.3 Å². The molecule has 3 heterocycles. The van der Waals surface area contributed by atoms with Crippen LogP contribution in [0.3, 0.4) is 0 Å². The molecule has 0 spiro atoms. The van der Waals surface area contributed by atoms with Crippen LogP contribution in [0.1, 0.15) is 45.7 Å². The molecule has 1 fully saturated rings. The molecule has 0 amide bonds. The first-order chi connectivity index (χ1) is 12.2. The number of piperidine rings is 1. The molecule has 6 heteroatoms. The molecule has 0 radical (unpaired) electrons. The first-order valence-electron chi connectivity index (χ1n) is 9.51. The molecule has 0 unspecified atom stereocenters. The molecule has 1 saturated heterocycles. The van der Waals surface area contributed by atoms with Crippen LogP contribution in [-0.2, 0) is 11.0 Å². The summed E-state index contributed by atoms with van der Waals surface area (Å²) in [6.07, 6.45) is 5.58. The Morgan fingerprint density at radius 2 is 1.85 bits per heavy atom. The maximum atomic E-state index is 6.41. The second-order valence-electron chi connectivity index (χ2n) is 8.76. The fourth-order valence-corrected chi connectivity index (χ4v) is 4.15. The van der Waals surface area contributed by atoms with Crippen molar-refractivity contribution in [2.45, 2.75) is 64.8 Å². The smallest absolute Gasteiger partial charge is 0.192 e. The van der Waals surface area contributed by atoms with Crippen LogP contribution in [0.15, 0.2) is 18.3 Å². The van der Waals surface area contributed by atoms with Gasteiger partial charge in [-0.3, -0.25) is 0 Å². The topological polar surface area (TPSA) is 38.2 Å². The lowest BCUT2D eigenvalue weighted by atomic mass is 10.1. The van der Waals surface area contributed by atoms with Crippen molar-refractivity contribution in [3.05, 3.63) is 29.2 Å². The van der Waals surface area contributed by atoms with E-state index in [-0.39, 0.29) is 5.04 Å². The SMILES string of the molecule is CC(C)(C)[Si](C)(C)OCc1cc2cnc(Cl)cc2c(N2CCCCC2)n1. The monoisotopic (exact) mass is 391 g/mol. The predicted octanol–water partition coefficient (Wildman–Crippen LogP) is 5.80. The summed E-state index contributed by atoms with van der Waals surface area (Å²) in [7, 11) is -1.81. The third-order valence-corrected chi connectivity index (χ3v) is 10.4. The molecule has 142 valence electrons. The van der Waals surface area contributed by atoms with Crippen LogP contribution in [0.25, 0.3) is 10.8 Å². The summed E-state index contributed by atoms with van der Waals surface area (Å²) in [6.45, 7) is 14.0. The first kappa shape index (κ1) is 19.6. The molecule has 3 rings (SSSR count). The Hall–Kier alpha value is -1.17. The predicted molar refractivity (Wildman–Crippen MR) is 113 cm³/mol. The second-order valence-corrected chi connectivity index (χ2v) is 14.0. The van der Waals surface area contributed by atoms with Crippen molar-refractivity contribution in [1.82, 2.24) is 9.97 Å². The first-order valence-corrected chi connectivity index (χ1v) is 12.8. The molecule has 26 heavy (non-hydrogen) atoms. The molecule has 1 aliphatic rings. The van der Waals surface area contributed by atoms with Gasteiger partial charge >= 0.3 is 0 Å². The molecule has 0 aromatic carbocycles. The van der Waals surface area contributed by atoms with E-state index in [2.05, 4.69) is 49.8 Å². The van der Waals surface area contributed by atoms with Gasteiger partial charge < -0.3 is 9.33 Å². The Morgan fingerprint density at radius 1 is 1.15 bits per heavy atom. The van der Waals surface area contributed by atoms with Gasteiger partial charge in [-0.25, -0.2) is 9.97 Å². The summed E-state index contributed by atoms with van der Waals surface area (Å²) in [5.74, 6) is 1.03. The molecule has 0 N–H and O–H groups in total. The molecule has 0 saturated carbocycles. The van der Waals surface area contributed by atoms with Gasteiger partial charge in [-0.2, -0.15) is 0 Å². The van der Waals surface area contributed by atoms with Crippen LogP contribution >= 0.6 is 11.6 Å². The Kier molecular flexibility index (Phi) is 5.61. The number of fused-ring (bicyclic) bond motifs is 1. The van der Waals surface area contributed by atoms with Gasteiger partial charge in [-0.1, -0.05) is 32.4 Å². The third kappa shape index (κ3) is 4.21. The van der Waals surface area contributed by atoms with Crippen molar-refractivity contribution in [3.8, 4) is 0 Å². The lowest BCUT2D eigenvalue weighted by Crippen LogP contribution is -2.40. The summed E-state index contributed by atoms with van der Waals surface area (Å²) in [4.78, 5) is 11.6. The number of anilines is 1. The van der Waals surface area contributed by atoms with Gasteiger partial charge in [-0.15, -0.1) is 0 Å². The maximum Gasteiger partial charge on any atom is 0.192 e. The lowest BCUT2D eigenvalue weighted by Gasteiger charge is -2.36. The zero-order chi connectivity index (χ0) is 18.9. The fourth-order valence-electron chi connectivity index (χ4n) is 3.05. The van der Waals surface area contributed by atoms with Gasteiger partial charge in [-0.05, 0) is 49.5 Å². The van der Waals surface area contributed by atoms with Crippen molar-refractivity contribution in [3.63, 3.8) is 0 Å². The summed E-state index contributed by atoms with van der Waals surface area (Å²) < 4.78 is 6.41. The largest absolute Gasteiger partial charge is 0.411 e. The van der Waals surface area contributed by atoms with Crippen molar-refractivity contribution in [2.75, 3.05) is 18.0 Å². The fraction of sp³-hybridized carbons (Fsp3) is 0.600. The van der Waals surface area contributed by atoms with Gasteiger partial charge in [0.15, 0.2) is 8.32 Å². The number of halogens is 1. The van der Waals surface area contributed by atoms with Crippen LogP contribution in [0.5, 0.6) is 0 Å². The molecule has 2 aromatic rings. The molecular formula is C20H30ClN3OSi. The van der Waals surface area contributed by atoms with Crippen LogP contribution in [0, 0.1) is 0 Å². The Bertz CT molecular complexity index is 782. The molecule has 2 aromatic heterocycles. The molecule has 0 bridgehead atoms. The molecule has 0 atom stereocenters. The van der Waals surface area contributed by atoms with Gasteiger partial charge in [0.25, 0.3) is 0 Å². The highest BCUT2D eigenvalue weighted by Gasteiger charge is 2.37. The van der Waals surface area contributed by atoms with Crippen molar-refractivity contribution in [1.29, 1.82) is 0 Å².